The van der Waals surface area contributed by atoms with Gasteiger partial charge in [0.25, 0.3) is 10.1 Å². The molecule has 0 amide bonds. The Morgan fingerprint density at radius 3 is 2.44 bits per heavy atom. The largest absolute Gasteiger partial charge is 0.294 e. The number of alkyl halides is 1. The first-order chi connectivity index (χ1) is 7.34. The number of hydrogen-bond donors (Lipinski definition) is 1. The first-order valence-corrected chi connectivity index (χ1v) is 6.53. The van der Waals surface area contributed by atoms with Crippen molar-refractivity contribution in [2.45, 2.75) is 17.2 Å². The van der Waals surface area contributed by atoms with E-state index in [1.165, 1.54) is 12.1 Å². The Hall–Kier alpha value is -0.620. The molecule has 0 aliphatic heterocycles. The van der Waals surface area contributed by atoms with E-state index >= 15 is 0 Å². The van der Waals surface area contributed by atoms with Gasteiger partial charge in [-0.05, 0) is 28.8 Å². The standard InChI is InChI=1S/C9H8Cl2O4S/c10-5-6-1-2-7(4-9(11)12)8(3-6)16(13,14)15/h1-3H,4-5H2,(H,13,14,15). The molecule has 1 N–H and O–H groups in total. The van der Waals surface area contributed by atoms with E-state index in [-0.39, 0.29) is 22.8 Å². The molecule has 0 aromatic heterocycles. The summed E-state index contributed by atoms with van der Waals surface area (Å²) in [6.45, 7) is 0. The number of halogens is 2. The van der Waals surface area contributed by atoms with E-state index in [9.17, 15) is 13.2 Å². The summed E-state index contributed by atoms with van der Waals surface area (Å²) in [4.78, 5) is 10.4. The van der Waals surface area contributed by atoms with E-state index in [2.05, 4.69) is 0 Å². The Labute approximate surface area is 103 Å². The molecule has 88 valence electrons. The predicted molar refractivity (Wildman–Crippen MR) is 60.4 cm³/mol. The maximum Gasteiger partial charge on any atom is 0.294 e. The van der Waals surface area contributed by atoms with Crippen LogP contribution in [0.25, 0.3) is 0 Å². The molecule has 0 unspecified atom stereocenters. The topological polar surface area (TPSA) is 71.4 Å². The lowest BCUT2D eigenvalue weighted by molar-refractivity contribution is -0.111. The van der Waals surface area contributed by atoms with Gasteiger partial charge in [0.15, 0.2) is 0 Å². The summed E-state index contributed by atoms with van der Waals surface area (Å²) in [6, 6.07) is 4.19. The van der Waals surface area contributed by atoms with Crippen molar-refractivity contribution in [1.82, 2.24) is 0 Å². The third-order valence-corrected chi connectivity index (χ3v) is 3.27. The van der Waals surface area contributed by atoms with Gasteiger partial charge in [-0.3, -0.25) is 9.35 Å². The van der Waals surface area contributed by atoms with Crippen LogP contribution in [-0.2, 0) is 27.2 Å². The zero-order valence-electron chi connectivity index (χ0n) is 7.98. The molecule has 0 radical (unpaired) electrons. The van der Waals surface area contributed by atoms with Crippen molar-refractivity contribution in [3.05, 3.63) is 29.3 Å². The molecule has 0 spiro atoms. The van der Waals surface area contributed by atoms with Crippen LogP contribution in [0.15, 0.2) is 23.1 Å². The lowest BCUT2D eigenvalue weighted by Gasteiger charge is -2.06. The summed E-state index contributed by atoms with van der Waals surface area (Å²) in [5.74, 6) is 0.109. The molecule has 0 aliphatic rings. The molecular weight excluding hydrogens is 275 g/mol. The minimum absolute atomic E-state index is 0.109. The first-order valence-electron chi connectivity index (χ1n) is 4.18. The monoisotopic (exact) mass is 282 g/mol. The fourth-order valence-corrected chi connectivity index (χ4v) is 2.30. The highest BCUT2D eigenvalue weighted by Crippen LogP contribution is 2.20. The third kappa shape index (κ3) is 3.45. The van der Waals surface area contributed by atoms with Crippen molar-refractivity contribution < 1.29 is 17.8 Å². The van der Waals surface area contributed by atoms with Gasteiger partial charge < -0.3 is 0 Å². The van der Waals surface area contributed by atoms with Crippen LogP contribution in [0.1, 0.15) is 11.1 Å². The number of carbonyl (C=O) groups is 1. The van der Waals surface area contributed by atoms with Gasteiger partial charge in [0.1, 0.15) is 0 Å². The third-order valence-electron chi connectivity index (χ3n) is 1.89. The SMILES string of the molecule is O=C(Cl)Cc1ccc(CCl)cc1S(=O)(=O)O. The summed E-state index contributed by atoms with van der Waals surface area (Å²) < 4.78 is 31.1. The zero-order chi connectivity index (χ0) is 12.3. The van der Waals surface area contributed by atoms with Gasteiger partial charge in [-0.25, -0.2) is 0 Å². The quantitative estimate of drug-likeness (QED) is 0.521. The average molecular weight is 283 g/mol. The molecule has 0 bridgehead atoms. The van der Waals surface area contributed by atoms with Crippen molar-refractivity contribution in [3.63, 3.8) is 0 Å². The van der Waals surface area contributed by atoms with Crippen molar-refractivity contribution in [3.8, 4) is 0 Å². The van der Waals surface area contributed by atoms with Gasteiger partial charge >= 0.3 is 0 Å². The van der Waals surface area contributed by atoms with E-state index in [1.54, 1.807) is 6.07 Å². The van der Waals surface area contributed by atoms with Gasteiger partial charge in [-0.2, -0.15) is 8.42 Å². The summed E-state index contributed by atoms with van der Waals surface area (Å²) in [5, 5.41) is -0.705. The normalized spacial score (nSPS) is 11.4. The molecule has 0 heterocycles. The molecule has 16 heavy (non-hydrogen) atoms. The van der Waals surface area contributed by atoms with Crippen molar-refractivity contribution >= 4 is 38.6 Å². The Morgan fingerprint density at radius 1 is 1.38 bits per heavy atom. The number of carbonyl (C=O) groups excluding carboxylic acids is 1. The second kappa shape index (κ2) is 5.14. The Morgan fingerprint density at radius 2 is 2.00 bits per heavy atom. The van der Waals surface area contributed by atoms with Gasteiger partial charge in [-0.1, -0.05) is 12.1 Å². The Kier molecular flexibility index (Phi) is 4.32. The van der Waals surface area contributed by atoms with E-state index in [0.29, 0.717) is 5.56 Å². The highest BCUT2D eigenvalue weighted by Gasteiger charge is 2.17. The number of hydrogen-bond acceptors (Lipinski definition) is 3. The molecule has 0 fully saturated rings. The van der Waals surface area contributed by atoms with Crippen LogP contribution in [0.5, 0.6) is 0 Å². The van der Waals surface area contributed by atoms with Crippen LogP contribution in [0.3, 0.4) is 0 Å². The van der Waals surface area contributed by atoms with Gasteiger partial charge in [0.2, 0.25) is 5.24 Å². The lowest BCUT2D eigenvalue weighted by atomic mass is 10.1. The zero-order valence-corrected chi connectivity index (χ0v) is 10.3. The molecular formula is C9H8Cl2O4S. The second-order valence-electron chi connectivity index (χ2n) is 3.08. The fraction of sp³-hybridized carbons (Fsp3) is 0.222. The van der Waals surface area contributed by atoms with Crippen LogP contribution in [0, 0.1) is 0 Å². The van der Waals surface area contributed by atoms with Crippen LogP contribution in [0.2, 0.25) is 0 Å². The van der Waals surface area contributed by atoms with Crippen LogP contribution < -0.4 is 0 Å². The van der Waals surface area contributed by atoms with Crippen LogP contribution >= 0.6 is 23.2 Å². The summed E-state index contributed by atoms with van der Waals surface area (Å²) in [5.41, 5.74) is 0.677. The van der Waals surface area contributed by atoms with Gasteiger partial charge in [0, 0.05) is 12.3 Å². The van der Waals surface area contributed by atoms with Crippen molar-refractivity contribution in [1.29, 1.82) is 0 Å². The van der Waals surface area contributed by atoms with Crippen LogP contribution in [0.4, 0.5) is 0 Å². The van der Waals surface area contributed by atoms with Crippen molar-refractivity contribution in [2.24, 2.45) is 0 Å². The lowest BCUT2D eigenvalue weighted by Crippen LogP contribution is -2.06. The minimum atomic E-state index is -4.38. The molecule has 0 aliphatic carbocycles. The van der Waals surface area contributed by atoms with E-state index in [1.807, 2.05) is 0 Å². The minimum Gasteiger partial charge on any atom is -0.282 e. The molecule has 0 saturated heterocycles. The van der Waals surface area contributed by atoms with Gasteiger partial charge in [0.05, 0.1) is 4.90 Å². The maximum absolute atomic E-state index is 11.1. The molecule has 1 rings (SSSR count). The van der Waals surface area contributed by atoms with E-state index < -0.39 is 15.4 Å². The van der Waals surface area contributed by atoms with Crippen molar-refractivity contribution in [2.75, 3.05) is 0 Å². The summed E-state index contributed by atoms with van der Waals surface area (Å²) in [7, 11) is -4.38. The Balaban J connectivity index is 3.33. The van der Waals surface area contributed by atoms with Crippen LogP contribution in [-0.4, -0.2) is 18.2 Å². The first kappa shape index (κ1) is 13.4. The summed E-state index contributed by atoms with van der Waals surface area (Å²) in [6.07, 6.45) is -0.265. The highest BCUT2D eigenvalue weighted by atomic mass is 35.5. The second-order valence-corrected chi connectivity index (χ2v) is 5.16. The molecule has 1 aromatic rings. The van der Waals surface area contributed by atoms with E-state index in [0.717, 1.165) is 0 Å². The van der Waals surface area contributed by atoms with E-state index in [4.69, 9.17) is 27.8 Å². The number of rotatable bonds is 4. The van der Waals surface area contributed by atoms with Gasteiger partial charge in [-0.15, -0.1) is 11.6 Å². The molecule has 1 aromatic carbocycles. The summed E-state index contributed by atoms with van der Waals surface area (Å²) >= 11 is 10.7. The highest BCUT2D eigenvalue weighted by molar-refractivity contribution is 7.85. The predicted octanol–water partition coefficient (Wildman–Crippen LogP) is 1.98. The molecule has 0 saturated carbocycles. The average Bonchev–Trinajstić information content (AvgIpc) is 2.15. The maximum atomic E-state index is 11.1. The number of benzene rings is 1. The molecule has 4 nitrogen and oxygen atoms in total. The molecule has 0 atom stereocenters. The molecule has 7 heteroatoms. The smallest absolute Gasteiger partial charge is 0.282 e. The fourth-order valence-electron chi connectivity index (χ4n) is 1.22. The Bertz CT molecular complexity index is 510.